The topological polar surface area (TPSA) is 46.2 Å². The Morgan fingerprint density at radius 3 is 2.40 bits per heavy atom. The molecule has 0 saturated heterocycles. The van der Waals surface area contributed by atoms with Crippen LogP contribution >= 0.6 is 11.8 Å². The minimum atomic E-state index is -0.426. The van der Waals surface area contributed by atoms with Crippen molar-refractivity contribution in [1.82, 2.24) is 0 Å². The molecule has 0 aliphatic heterocycles. The van der Waals surface area contributed by atoms with Gasteiger partial charge in [-0.2, -0.15) is 0 Å². The molecule has 0 fully saturated rings. The highest BCUT2D eigenvalue weighted by Crippen LogP contribution is 2.19. The lowest BCUT2D eigenvalue weighted by Gasteiger charge is -2.21. The first kappa shape index (κ1) is 14.5. The maximum Gasteiger partial charge on any atom is 0.101 e. The molecule has 2 nitrogen and oxygen atoms in total. The summed E-state index contributed by atoms with van der Waals surface area (Å²) >= 11 is 1.45. The van der Waals surface area contributed by atoms with Gasteiger partial charge in [0.1, 0.15) is 5.44 Å². The molecular formula is C12H21NOS. The maximum absolute atomic E-state index is 9.64. The van der Waals surface area contributed by atoms with E-state index in [0.717, 1.165) is 12.2 Å². The molecule has 0 aromatic rings. The van der Waals surface area contributed by atoms with Gasteiger partial charge in [-0.1, -0.05) is 18.2 Å². The first-order valence-corrected chi connectivity index (χ1v) is 6.10. The Bertz CT molecular complexity index is 206. The van der Waals surface area contributed by atoms with Crippen molar-refractivity contribution in [2.24, 2.45) is 11.7 Å². The maximum atomic E-state index is 9.64. The molecule has 3 N–H and O–H groups in total. The number of thioether (sulfide) groups is 1. The van der Waals surface area contributed by atoms with E-state index in [0.29, 0.717) is 6.42 Å². The predicted molar refractivity (Wildman–Crippen MR) is 69.8 cm³/mol. The Hall–Kier alpha value is -0.510. The number of aliphatic hydroxyl groups excluding tert-OH is 1. The van der Waals surface area contributed by atoms with Gasteiger partial charge in [0.25, 0.3) is 0 Å². The molecular weight excluding hydrogens is 206 g/mol. The molecule has 0 saturated carbocycles. The van der Waals surface area contributed by atoms with E-state index in [1.54, 1.807) is 6.08 Å². The number of rotatable bonds is 9. The van der Waals surface area contributed by atoms with Crippen LogP contribution in [-0.4, -0.2) is 22.3 Å². The van der Waals surface area contributed by atoms with Gasteiger partial charge in [0.15, 0.2) is 0 Å². The van der Waals surface area contributed by atoms with Crippen LogP contribution in [-0.2, 0) is 0 Å². The molecule has 3 heteroatoms. The van der Waals surface area contributed by atoms with Crippen LogP contribution in [0.3, 0.4) is 0 Å². The fraction of sp³-hybridized carbons (Fsp3) is 0.500. The summed E-state index contributed by atoms with van der Waals surface area (Å²) in [6.07, 6.45) is 6.81. The van der Waals surface area contributed by atoms with Crippen molar-refractivity contribution in [3.63, 3.8) is 0 Å². The van der Waals surface area contributed by atoms with Crippen LogP contribution in [0.4, 0.5) is 0 Å². The van der Waals surface area contributed by atoms with E-state index in [2.05, 4.69) is 19.7 Å². The van der Waals surface area contributed by atoms with Gasteiger partial charge >= 0.3 is 0 Å². The van der Waals surface area contributed by atoms with Crippen molar-refractivity contribution < 1.29 is 5.11 Å². The van der Waals surface area contributed by atoms with Crippen LogP contribution in [0.2, 0.25) is 0 Å². The lowest BCUT2D eigenvalue weighted by molar-refractivity contribution is 0.231. The smallest absolute Gasteiger partial charge is 0.101 e. The van der Waals surface area contributed by atoms with Crippen LogP contribution in [0.25, 0.3) is 0 Å². The van der Waals surface area contributed by atoms with Crippen molar-refractivity contribution in [1.29, 1.82) is 0 Å². The van der Waals surface area contributed by atoms with E-state index in [4.69, 9.17) is 5.73 Å². The van der Waals surface area contributed by atoms with Gasteiger partial charge in [-0.25, -0.2) is 0 Å². The fourth-order valence-electron chi connectivity index (χ4n) is 1.29. The predicted octanol–water partition coefficient (Wildman–Crippen LogP) is 2.32. The second-order valence-corrected chi connectivity index (χ2v) is 4.61. The molecule has 0 aromatic carbocycles. The molecule has 0 aromatic heterocycles. The van der Waals surface area contributed by atoms with Crippen LogP contribution in [0, 0.1) is 5.92 Å². The lowest BCUT2D eigenvalue weighted by Crippen LogP contribution is -2.32. The summed E-state index contributed by atoms with van der Waals surface area (Å²) in [4.78, 5) is 0. The number of nitrogens with two attached hydrogens (primary N) is 1. The Kier molecular flexibility index (Phi) is 8.47. The van der Waals surface area contributed by atoms with Gasteiger partial charge in [0.05, 0.1) is 0 Å². The first-order chi connectivity index (χ1) is 7.15. The number of hydrogen-bond donors (Lipinski definition) is 2. The summed E-state index contributed by atoms with van der Waals surface area (Å²) < 4.78 is 0. The van der Waals surface area contributed by atoms with E-state index in [-0.39, 0.29) is 12.0 Å². The number of hydrogen-bond acceptors (Lipinski definition) is 3. The molecule has 86 valence electrons. The number of allylic oxidation sites excluding steroid dienone is 1. The second kappa shape index (κ2) is 8.77. The van der Waals surface area contributed by atoms with E-state index in [9.17, 15) is 5.11 Å². The molecule has 0 spiro atoms. The zero-order chi connectivity index (χ0) is 11.7. The standard InChI is InChI=1S/C12H21NOS/c1-4-7-10(6-3)11(13)9-12(14)15-8-5-2/h4-6,10-12,14H,1-3,7-9,13H2. The minimum absolute atomic E-state index is 0.0622. The Morgan fingerprint density at radius 2 is 1.93 bits per heavy atom. The van der Waals surface area contributed by atoms with Crippen molar-refractivity contribution >= 4 is 11.8 Å². The SMILES string of the molecule is C=CCSC(O)CC(N)C(C=C)CC=C. The highest BCUT2D eigenvalue weighted by molar-refractivity contribution is 7.99. The third kappa shape index (κ3) is 6.55. The molecule has 0 heterocycles. The minimum Gasteiger partial charge on any atom is -0.382 e. The van der Waals surface area contributed by atoms with Crippen LogP contribution < -0.4 is 5.73 Å². The van der Waals surface area contributed by atoms with Gasteiger partial charge in [0, 0.05) is 11.8 Å². The fourth-order valence-corrected chi connectivity index (χ4v) is 2.01. The zero-order valence-corrected chi connectivity index (χ0v) is 9.96. The quantitative estimate of drug-likeness (QED) is 0.469. The van der Waals surface area contributed by atoms with Crippen LogP contribution in [0.5, 0.6) is 0 Å². The average molecular weight is 227 g/mol. The van der Waals surface area contributed by atoms with Crippen LogP contribution in [0.15, 0.2) is 38.0 Å². The summed E-state index contributed by atoms with van der Waals surface area (Å²) in [5, 5.41) is 9.64. The Balaban J connectivity index is 3.96. The monoisotopic (exact) mass is 227 g/mol. The Morgan fingerprint density at radius 1 is 1.27 bits per heavy atom. The van der Waals surface area contributed by atoms with Crippen molar-refractivity contribution in [3.8, 4) is 0 Å². The molecule has 0 aliphatic rings. The molecule has 0 radical (unpaired) electrons. The lowest BCUT2D eigenvalue weighted by atomic mass is 9.95. The van der Waals surface area contributed by atoms with E-state index in [1.165, 1.54) is 11.8 Å². The molecule has 0 bridgehead atoms. The highest BCUT2D eigenvalue weighted by atomic mass is 32.2. The summed E-state index contributed by atoms with van der Waals surface area (Å²) in [5.74, 6) is 0.940. The van der Waals surface area contributed by atoms with Crippen molar-refractivity contribution in [2.75, 3.05) is 5.75 Å². The molecule has 3 atom stereocenters. The second-order valence-electron chi connectivity index (χ2n) is 3.40. The average Bonchev–Trinajstić information content (AvgIpc) is 2.22. The third-order valence-electron chi connectivity index (χ3n) is 2.17. The van der Waals surface area contributed by atoms with Crippen molar-refractivity contribution in [3.05, 3.63) is 38.0 Å². The van der Waals surface area contributed by atoms with Gasteiger partial charge in [0.2, 0.25) is 0 Å². The first-order valence-electron chi connectivity index (χ1n) is 5.05. The number of aliphatic hydroxyl groups is 1. The van der Waals surface area contributed by atoms with Crippen LogP contribution in [0.1, 0.15) is 12.8 Å². The zero-order valence-electron chi connectivity index (χ0n) is 9.14. The molecule has 15 heavy (non-hydrogen) atoms. The van der Waals surface area contributed by atoms with E-state index in [1.807, 2.05) is 12.2 Å². The summed E-state index contributed by atoms with van der Waals surface area (Å²) in [7, 11) is 0. The van der Waals surface area contributed by atoms with Gasteiger partial charge in [-0.3, -0.25) is 0 Å². The normalized spacial score (nSPS) is 16.4. The summed E-state index contributed by atoms with van der Waals surface area (Å²) in [5.41, 5.74) is 5.54. The highest BCUT2D eigenvalue weighted by Gasteiger charge is 2.17. The van der Waals surface area contributed by atoms with Gasteiger partial charge < -0.3 is 10.8 Å². The van der Waals surface area contributed by atoms with E-state index < -0.39 is 5.44 Å². The third-order valence-corrected chi connectivity index (χ3v) is 3.18. The largest absolute Gasteiger partial charge is 0.382 e. The summed E-state index contributed by atoms with van der Waals surface area (Å²) in [6, 6.07) is -0.0622. The molecule has 0 amide bonds. The van der Waals surface area contributed by atoms with Gasteiger partial charge in [-0.05, 0) is 18.8 Å². The molecule has 3 unspecified atom stereocenters. The Labute approximate surface area is 96.9 Å². The van der Waals surface area contributed by atoms with Crippen molar-refractivity contribution in [2.45, 2.75) is 24.3 Å². The van der Waals surface area contributed by atoms with Gasteiger partial charge in [-0.15, -0.1) is 31.5 Å². The van der Waals surface area contributed by atoms with E-state index >= 15 is 0 Å². The summed E-state index contributed by atoms with van der Waals surface area (Å²) in [6.45, 7) is 11.0. The molecule has 0 aliphatic carbocycles. The molecule has 0 rings (SSSR count).